The highest BCUT2D eigenvalue weighted by atomic mass is 127. The zero-order valence-corrected chi connectivity index (χ0v) is 11.5. The standard InChI is InChI=1S/C14H11IN2/c1-10-3-2-4-14-16-13(9-17(10)14)11-5-7-12(15)8-6-11/h2-9H,1H3. The Bertz CT molecular complexity index is 668. The second-order valence-corrected chi connectivity index (χ2v) is 5.27. The first kappa shape index (κ1) is 10.8. The Kier molecular flexibility index (Phi) is 2.63. The minimum Gasteiger partial charge on any atom is -0.304 e. The number of hydrogen-bond donors (Lipinski definition) is 0. The van der Waals surface area contributed by atoms with E-state index in [-0.39, 0.29) is 0 Å². The molecule has 2 heterocycles. The maximum atomic E-state index is 4.63. The average molecular weight is 334 g/mol. The quantitative estimate of drug-likeness (QED) is 0.617. The minimum atomic E-state index is 0.999. The zero-order valence-electron chi connectivity index (χ0n) is 9.39. The number of imidazole rings is 1. The first-order chi connectivity index (χ1) is 8.24. The van der Waals surface area contributed by atoms with Gasteiger partial charge < -0.3 is 4.40 Å². The summed E-state index contributed by atoms with van der Waals surface area (Å²) in [7, 11) is 0. The fourth-order valence-electron chi connectivity index (χ4n) is 1.91. The van der Waals surface area contributed by atoms with Crippen LogP contribution in [0.5, 0.6) is 0 Å². The lowest BCUT2D eigenvalue weighted by Gasteiger charge is -1.96. The summed E-state index contributed by atoms with van der Waals surface area (Å²) < 4.78 is 3.36. The second-order valence-electron chi connectivity index (χ2n) is 4.03. The number of hydrogen-bond acceptors (Lipinski definition) is 1. The van der Waals surface area contributed by atoms with Gasteiger partial charge in [-0.25, -0.2) is 4.98 Å². The van der Waals surface area contributed by atoms with Crippen molar-refractivity contribution in [3.8, 4) is 11.3 Å². The molecular weight excluding hydrogens is 323 g/mol. The molecule has 2 nitrogen and oxygen atoms in total. The Balaban J connectivity index is 2.18. The van der Waals surface area contributed by atoms with Gasteiger partial charge in [-0.2, -0.15) is 0 Å². The number of benzene rings is 1. The van der Waals surface area contributed by atoms with E-state index in [0.717, 1.165) is 16.9 Å². The van der Waals surface area contributed by atoms with E-state index in [1.807, 2.05) is 12.1 Å². The molecule has 0 aliphatic carbocycles. The fourth-order valence-corrected chi connectivity index (χ4v) is 2.27. The van der Waals surface area contributed by atoms with Gasteiger partial charge in [0, 0.05) is 21.0 Å². The third-order valence-electron chi connectivity index (χ3n) is 2.84. The molecule has 3 heteroatoms. The summed E-state index contributed by atoms with van der Waals surface area (Å²) >= 11 is 2.31. The predicted octanol–water partition coefficient (Wildman–Crippen LogP) is 3.91. The molecular formula is C14H11IN2. The normalized spacial score (nSPS) is 10.9. The van der Waals surface area contributed by atoms with E-state index in [1.54, 1.807) is 0 Å². The van der Waals surface area contributed by atoms with E-state index in [2.05, 4.69) is 75.4 Å². The van der Waals surface area contributed by atoms with Gasteiger partial charge in [-0.1, -0.05) is 18.2 Å². The Hall–Kier alpha value is -1.36. The average Bonchev–Trinajstić information content (AvgIpc) is 2.75. The Morgan fingerprint density at radius 1 is 1.06 bits per heavy atom. The Morgan fingerprint density at radius 2 is 1.82 bits per heavy atom. The van der Waals surface area contributed by atoms with Crippen molar-refractivity contribution in [2.75, 3.05) is 0 Å². The van der Waals surface area contributed by atoms with Crippen molar-refractivity contribution in [2.45, 2.75) is 6.92 Å². The number of rotatable bonds is 1. The van der Waals surface area contributed by atoms with Gasteiger partial charge >= 0.3 is 0 Å². The maximum absolute atomic E-state index is 4.63. The minimum absolute atomic E-state index is 0.999. The second kappa shape index (κ2) is 4.14. The number of nitrogens with zero attached hydrogens (tertiary/aromatic N) is 2. The van der Waals surface area contributed by atoms with Crippen LogP contribution in [-0.4, -0.2) is 9.38 Å². The fraction of sp³-hybridized carbons (Fsp3) is 0.0714. The zero-order chi connectivity index (χ0) is 11.8. The van der Waals surface area contributed by atoms with E-state index < -0.39 is 0 Å². The van der Waals surface area contributed by atoms with Crippen molar-refractivity contribution in [1.82, 2.24) is 9.38 Å². The largest absolute Gasteiger partial charge is 0.304 e. The topological polar surface area (TPSA) is 17.3 Å². The monoisotopic (exact) mass is 334 g/mol. The van der Waals surface area contributed by atoms with Crippen molar-refractivity contribution in [2.24, 2.45) is 0 Å². The van der Waals surface area contributed by atoms with Crippen LogP contribution in [0.2, 0.25) is 0 Å². The van der Waals surface area contributed by atoms with E-state index in [0.29, 0.717) is 0 Å². The molecule has 0 spiro atoms. The first-order valence-corrected chi connectivity index (χ1v) is 6.52. The molecule has 0 bridgehead atoms. The van der Waals surface area contributed by atoms with Gasteiger partial charge in [0.05, 0.1) is 5.69 Å². The lowest BCUT2D eigenvalue weighted by Crippen LogP contribution is -1.86. The molecule has 3 aromatic rings. The van der Waals surface area contributed by atoms with Crippen LogP contribution in [0.4, 0.5) is 0 Å². The van der Waals surface area contributed by atoms with Crippen LogP contribution in [0, 0.1) is 10.5 Å². The van der Waals surface area contributed by atoms with Crippen LogP contribution in [0.3, 0.4) is 0 Å². The molecule has 0 amide bonds. The highest BCUT2D eigenvalue weighted by molar-refractivity contribution is 14.1. The van der Waals surface area contributed by atoms with Crippen molar-refractivity contribution in [3.63, 3.8) is 0 Å². The van der Waals surface area contributed by atoms with E-state index in [4.69, 9.17) is 0 Å². The van der Waals surface area contributed by atoms with Gasteiger partial charge in [-0.3, -0.25) is 0 Å². The van der Waals surface area contributed by atoms with Gasteiger partial charge in [-0.15, -0.1) is 0 Å². The van der Waals surface area contributed by atoms with Gasteiger partial charge in [0.15, 0.2) is 0 Å². The van der Waals surface area contributed by atoms with Crippen LogP contribution >= 0.6 is 22.6 Å². The summed E-state index contributed by atoms with van der Waals surface area (Å²) in [4.78, 5) is 4.63. The molecule has 0 fully saturated rings. The lowest BCUT2D eigenvalue weighted by atomic mass is 10.2. The molecule has 0 aliphatic rings. The number of fused-ring (bicyclic) bond motifs is 1. The SMILES string of the molecule is Cc1cccc2nc(-c3ccc(I)cc3)cn12. The summed E-state index contributed by atoms with van der Waals surface area (Å²) in [6.45, 7) is 2.09. The molecule has 1 aromatic carbocycles. The highest BCUT2D eigenvalue weighted by Crippen LogP contribution is 2.20. The van der Waals surface area contributed by atoms with Crippen LogP contribution in [-0.2, 0) is 0 Å². The molecule has 0 aliphatic heterocycles. The Labute approximate surface area is 113 Å². The molecule has 3 rings (SSSR count). The predicted molar refractivity (Wildman–Crippen MR) is 78.1 cm³/mol. The molecule has 17 heavy (non-hydrogen) atoms. The van der Waals surface area contributed by atoms with E-state index in [1.165, 1.54) is 9.26 Å². The number of halogens is 1. The third-order valence-corrected chi connectivity index (χ3v) is 3.56. The van der Waals surface area contributed by atoms with Gasteiger partial charge in [0.2, 0.25) is 0 Å². The smallest absolute Gasteiger partial charge is 0.137 e. The van der Waals surface area contributed by atoms with Crippen LogP contribution in [0.1, 0.15) is 5.69 Å². The van der Waals surface area contributed by atoms with E-state index >= 15 is 0 Å². The molecule has 0 N–H and O–H groups in total. The van der Waals surface area contributed by atoms with Crippen LogP contribution in [0.15, 0.2) is 48.7 Å². The molecule has 0 atom stereocenters. The number of aromatic nitrogens is 2. The number of aryl methyl sites for hydroxylation is 1. The molecule has 2 aromatic heterocycles. The van der Waals surface area contributed by atoms with Gasteiger partial charge in [-0.05, 0) is 53.8 Å². The first-order valence-electron chi connectivity index (χ1n) is 5.45. The van der Waals surface area contributed by atoms with Crippen molar-refractivity contribution in [1.29, 1.82) is 0 Å². The molecule has 0 saturated heterocycles. The summed E-state index contributed by atoms with van der Waals surface area (Å²) in [5.41, 5.74) is 4.38. The van der Waals surface area contributed by atoms with Gasteiger partial charge in [0.25, 0.3) is 0 Å². The number of pyridine rings is 1. The highest BCUT2D eigenvalue weighted by Gasteiger charge is 2.04. The van der Waals surface area contributed by atoms with Crippen LogP contribution in [0.25, 0.3) is 16.9 Å². The van der Waals surface area contributed by atoms with E-state index in [9.17, 15) is 0 Å². The molecule has 0 unspecified atom stereocenters. The maximum Gasteiger partial charge on any atom is 0.137 e. The molecule has 0 radical (unpaired) electrons. The van der Waals surface area contributed by atoms with Gasteiger partial charge in [0.1, 0.15) is 5.65 Å². The summed E-state index contributed by atoms with van der Waals surface area (Å²) in [5.74, 6) is 0. The summed E-state index contributed by atoms with van der Waals surface area (Å²) in [6, 6.07) is 14.6. The van der Waals surface area contributed by atoms with Crippen molar-refractivity contribution < 1.29 is 0 Å². The Morgan fingerprint density at radius 3 is 2.53 bits per heavy atom. The molecule has 0 saturated carbocycles. The lowest BCUT2D eigenvalue weighted by molar-refractivity contribution is 1.09. The van der Waals surface area contributed by atoms with Crippen LogP contribution < -0.4 is 0 Å². The third kappa shape index (κ3) is 1.95. The van der Waals surface area contributed by atoms with Crippen molar-refractivity contribution in [3.05, 3.63) is 57.9 Å². The molecule has 84 valence electrons. The summed E-state index contributed by atoms with van der Waals surface area (Å²) in [5, 5.41) is 0. The van der Waals surface area contributed by atoms with Crippen molar-refractivity contribution >= 4 is 28.2 Å². The summed E-state index contributed by atoms with van der Waals surface area (Å²) in [6.07, 6.45) is 2.09.